The van der Waals surface area contributed by atoms with Gasteiger partial charge in [-0.25, -0.2) is 8.78 Å². The molecule has 0 aliphatic heterocycles. The van der Waals surface area contributed by atoms with Gasteiger partial charge in [-0.15, -0.1) is 0 Å². The van der Waals surface area contributed by atoms with Crippen LogP contribution in [0.3, 0.4) is 0 Å². The summed E-state index contributed by atoms with van der Waals surface area (Å²) in [6.07, 6.45) is -0.0958. The van der Waals surface area contributed by atoms with E-state index < -0.39 is 13.0 Å². The summed E-state index contributed by atoms with van der Waals surface area (Å²) in [4.78, 5) is 11.6. The van der Waals surface area contributed by atoms with Gasteiger partial charge in [0.05, 0.1) is 11.6 Å². The number of hydrogen-bond acceptors (Lipinski definition) is 3. The van der Waals surface area contributed by atoms with Crippen LogP contribution < -0.4 is 11.1 Å². The largest absolute Gasteiger partial charge is 0.393 e. The molecule has 0 aromatic rings. The lowest BCUT2D eigenvalue weighted by molar-refractivity contribution is -0.122. The number of nitrogens with one attached hydrogen (secondary N) is 1. The molecule has 4 nitrogen and oxygen atoms in total. The van der Waals surface area contributed by atoms with E-state index in [9.17, 15) is 13.6 Å². The maximum absolute atomic E-state index is 11.7. The number of thiocarbonyl (C=S) groups is 1. The molecule has 0 spiro atoms. The van der Waals surface area contributed by atoms with E-state index in [-0.39, 0.29) is 18.9 Å². The lowest BCUT2D eigenvalue weighted by atomic mass is 10.2. The number of rotatable bonds is 10. The van der Waals surface area contributed by atoms with Crippen molar-refractivity contribution in [2.75, 3.05) is 19.8 Å². The van der Waals surface area contributed by atoms with Crippen LogP contribution in [0.2, 0.25) is 0 Å². The molecule has 1 amide bonds. The predicted molar refractivity (Wildman–Crippen MR) is 65.1 cm³/mol. The van der Waals surface area contributed by atoms with Crippen LogP contribution in [0.1, 0.15) is 25.7 Å². The Morgan fingerprint density at radius 1 is 1.35 bits per heavy atom. The van der Waals surface area contributed by atoms with Crippen LogP contribution >= 0.6 is 12.2 Å². The van der Waals surface area contributed by atoms with E-state index in [0.29, 0.717) is 18.0 Å². The molecule has 0 aliphatic rings. The molecule has 0 saturated heterocycles. The van der Waals surface area contributed by atoms with E-state index in [2.05, 4.69) is 10.1 Å². The number of carbonyl (C=O) groups excluding carboxylic acids is 1. The van der Waals surface area contributed by atoms with Gasteiger partial charge in [-0.3, -0.25) is 4.79 Å². The SMILES string of the molecule is NC(=S)CCCCNC(=O)CCOCC(F)F. The number of alkyl halides is 2. The number of ether oxygens (including phenoxy) is 1. The van der Waals surface area contributed by atoms with Gasteiger partial charge in [-0.2, -0.15) is 0 Å². The fraction of sp³-hybridized carbons (Fsp3) is 0.800. The predicted octanol–water partition coefficient (Wildman–Crippen LogP) is 1.23. The van der Waals surface area contributed by atoms with Gasteiger partial charge in [0.25, 0.3) is 6.43 Å². The van der Waals surface area contributed by atoms with Gasteiger partial charge in [-0.05, 0) is 19.3 Å². The zero-order valence-electron chi connectivity index (χ0n) is 9.59. The van der Waals surface area contributed by atoms with Crippen LogP contribution in [-0.2, 0) is 9.53 Å². The van der Waals surface area contributed by atoms with Gasteiger partial charge in [-0.1, -0.05) is 12.2 Å². The molecule has 0 saturated carbocycles. The highest BCUT2D eigenvalue weighted by atomic mass is 32.1. The van der Waals surface area contributed by atoms with Gasteiger partial charge < -0.3 is 15.8 Å². The highest BCUT2D eigenvalue weighted by molar-refractivity contribution is 7.80. The maximum atomic E-state index is 11.7. The topological polar surface area (TPSA) is 64.3 Å². The van der Waals surface area contributed by atoms with Crippen LogP contribution in [-0.4, -0.2) is 37.1 Å². The van der Waals surface area contributed by atoms with Crippen molar-refractivity contribution < 1.29 is 18.3 Å². The first kappa shape index (κ1) is 16.2. The first-order chi connectivity index (χ1) is 8.02. The number of unbranched alkanes of at least 4 members (excludes halogenated alkanes) is 1. The Hall–Kier alpha value is -0.820. The van der Waals surface area contributed by atoms with Crippen molar-refractivity contribution in [3.63, 3.8) is 0 Å². The molecule has 7 heteroatoms. The van der Waals surface area contributed by atoms with Crippen LogP contribution in [0.25, 0.3) is 0 Å². The molecular weight excluding hydrogens is 250 g/mol. The molecule has 100 valence electrons. The normalized spacial score (nSPS) is 10.5. The van der Waals surface area contributed by atoms with Gasteiger partial charge in [0.2, 0.25) is 5.91 Å². The Morgan fingerprint density at radius 2 is 2.06 bits per heavy atom. The average Bonchev–Trinajstić information content (AvgIpc) is 2.23. The van der Waals surface area contributed by atoms with Gasteiger partial charge >= 0.3 is 0 Å². The third-order valence-corrected chi connectivity index (χ3v) is 2.09. The molecule has 0 aliphatic carbocycles. The van der Waals surface area contributed by atoms with Gasteiger partial charge in [0.15, 0.2) is 0 Å². The monoisotopic (exact) mass is 268 g/mol. The Balaban J connectivity index is 3.26. The summed E-state index contributed by atoms with van der Waals surface area (Å²) in [5.74, 6) is -0.199. The second kappa shape index (κ2) is 10.3. The molecule has 0 heterocycles. The number of halogens is 2. The fourth-order valence-corrected chi connectivity index (χ4v) is 1.22. The van der Waals surface area contributed by atoms with Crippen molar-refractivity contribution in [2.24, 2.45) is 5.73 Å². The minimum Gasteiger partial charge on any atom is -0.393 e. The van der Waals surface area contributed by atoms with E-state index in [1.165, 1.54) is 0 Å². The zero-order chi connectivity index (χ0) is 13.1. The second-order valence-corrected chi connectivity index (χ2v) is 4.01. The molecule has 0 bridgehead atoms. The Labute approximate surface area is 105 Å². The lowest BCUT2D eigenvalue weighted by Crippen LogP contribution is -2.26. The van der Waals surface area contributed by atoms with Crippen molar-refractivity contribution in [3.05, 3.63) is 0 Å². The molecule has 0 unspecified atom stereocenters. The van der Waals surface area contributed by atoms with Gasteiger partial charge in [0, 0.05) is 13.0 Å². The van der Waals surface area contributed by atoms with Crippen molar-refractivity contribution in [3.8, 4) is 0 Å². The molecule has 0 rings (SSSR count). The summed E-state index contributed by atoms with van der Waals surface area (Å²) >= 11 is 4.70. The summed E-state index contributed by atoms with van der Waals surface area (Å²) in [5.41, 5.74) is 5.31. The van der Waals surface area contributed by atoms with Crippen LogP contribution in [0, 0.1) is 0 Å². The minimum absolute atomic E-state index is 0.0169. The highest BCUT2D eigenvalue weighted by Crippen LogP contribution is 1.95. The van der Waals surface area contributed by atoms with E-state index in [1.807, 2.05) is 0 Å². The number of hydrogen-bond donors (Lipinski definition) is 2. The average molecular weight is 268 g/mol. The van der Waals surface area contributed by atoms with Crippen LogP contribution in [0.4, 0.5) is 8.78 Å². The molecule has 0 fully saturated rings. The highest BCUT2D eigenvalue weighted by Gasteiger charge is 2.04. The third-order valence-electron chi connectivity index (χ3n) is 1.89. The summed E-state index contributed by atoms with van der Waals surface area (Å²) in [5, 5.41) is 2.65. The van der Waals surface area contributed by atoms with E-state index >= 15 is 0 Å². The molecule has 0 atom stereocenters. The summed E-state index contributed by atoms with van der Waals surface area (Å²) in [6.45, 7) is -0.0689. The maximum Gasteiger partial charge on any atom is 0.261 e. The lowest BCUT2D eigenvalue weighted by Gasteiger charge is -2.05. The Morgan fingerprint density at radius 3 is 2.65 bits per heavy atom. The summed E-state index contributed by atoms with van der Waals surface area (Å²) < 4.78 is 27.9. The first-order valence-corrected chi connectivity index (χ1v) is 5.84. The van der Waals surface area contributed by atoms with Crippen LogP contribution in [0.15, 0.2) is 0 Å². The molecule has 17 heavy (non-hydrogen) atoms. The third kappa shape index (κ3) is 13.1. The number of amides is 1. The zero-order valence-corrected chi connectivity index (χ0v) is 10.4. The van der Waals surface area contributed by atoms with Crippen molar-refractivity contribution >= 4 is 23.1 Å². The Kier molecular flexibility index (Phi) is 9.84. The number of carbonyl (C=O) groups is 1. The smallest absolute Gasteiger partial charge is 0.261 e. The van der Waals surface area contributed by atoms with Crippen molar-refractivity contribution in [1.29, 1.82) is 0 Å². The Bertz CT molecular complexity index is 240. The van der Waals surface area contributed by atoms with E-state index in [0.717, 1.165) is 12.8 Å². The standard InChI is InChI=1S/C10H18F2N2O2S/c11-8(12)7-16-6-4-10(15)14-5-2-1-3-9(13)17/h8H,1-7H2,(H2,13,17)(H,14,15). The molecule has 0 aromatic carbocycles. The molecule has 3 N–H and O–H groups in total. The van der Waals surface area contributed by atoms with E-state index in [1.54, 1.807) is 0 Å². The number of nitrogens with two attached hydrogens (primary N) is 1. The van der Waals surface area contributed by atoms with Crippen molar-refractivity contribution in [2.45, 2.75) is 32.1 Å². The fourth-order valence-electron chi connectivity index (χ4n) is 1.08. The first-order valence-electron chi connectivity index (χ1n) is 5.43. The van der Waals surface area contributed by atoms with E-state index in [4.69, 9.17) is 18.0 Å². The molecule has 0 aromatic heterocycles. The van der Waals surface area contributed by atoms with Crippen LogP contribution in [0.5, 0.6) is 0 Å². The summed E-state index contributed by atoms with van der Waals surface area (Å²) in [7, 11) is 0. The second-order valence-electron chi connectivity index (χ2n) is 3.49. The van der Waals surface area contributed by atoms with Gasteiger partial charge in [0.1, 0.15) is 6.61 Å². The molecular formula is C10H18F2N2O2S. The minimum atomic E-state index is -2.49. The quantitative estimate of drug-likeness (QED) is 0.462. The molecule has 0 radical (unpaired) electrons. The summed E-state index contributed by atoms with van der Waals surface area (Å²) in [6, 6.07) is 0. The van der Waals surface area contributed by atoms with Crippen molar-refractivity contribution in [1.82, 2.24) is 5.32 Å².